The molecule has 1 amide bonds. The van der Waals surface area contributed by atoms with Crippen LogP contribution >= 0.6 is 15.9 Å². The molecule has 0 saturated carbocycles. The lowest BCUT2D eigenvalue weighted by molar-refractivity contribution is 0.0752. The highest BCUT2D eigenvalue weighted by molar-refractivity contribution is 9.10. The van der Waals surface area contributed by atoms with Gasteiger partial charge in [0.15, 0.2) is 0 Å². The predicted molar refractivity (Wildman–Crippen MR) is 85.7 cm³/mol. The Labute approximate surface area is 128 Å². The number of rotatable bonds is 4. The maximum Gasteiger partial charge on any atom is 0.254 e. The molecule has 0 aliphatic heterocycles. The van der Waals surface area contributed by atoms with Crippen LogP contribution in [0.1, 0.15) is 28.4 Å². The van der Waals surface area contributed by atoms with Crippen LogP contribution in [0.2, 0.25) is 0 Å². The normalized spacial score (nSPS) is 10.3. The first-order chi connectivity index (χ1) is 9.60. The van der Waals surface area contributed by atoms with Gasteiger partial charge in [0.2, 0.25) is 0 Å². The van der Waals surface area contributed by atoms with E-state index >= 15 is 0 Å². The van der Waals surface area contributed by atoms with E-state index in [1.165, 1.54) is 0 Å². The highest BCUT2D eigenvalue weighted by Gasteiger charge is 2.15. The molecule has 0 unspecified atom stereocenters. The Morgan fingerprint density at radius 3 is 2.45 bits per heavy atom. The molecule has 0 heterocycles. The second kappa shape index (κ2) is 6.71. The number of halogens is 1. The molecule has 104 valence electrons. The van der Waals surface area contributed by atoms with Gasteiger partial charge >= 0.3 is 0 Å². The van der Waals surface area contributed by atoms with Gasteiger partial charge in [-0.25, -0.2) is 0 Å². The van der Waals surface area contributed by atoms with Crippen LogP contribution in [0.25, 0.3) is 0 Å². The summed E-state index contributed by atoms with van der Waals surface area (Å²) in [5.74, 6) is 0.0701. The lowest BCUT2D eigenvalue weighted by atomic mass is 10.1. The minimum Gasteiger partial charge on any atom is -0.335 e. The molecular formula is C17H18BrNO. The molecule has 0 atom stereocenters. The van der Waals surface area contributed by atoms with Crippen LogP contribution in [0.15, 0.2) is 53.0 Å². The molecule has 0 aliphatic rings. The summed E-state index contributed by atoms with van der Waals surface area (Å²) in [7, 11) is 0. The van der Waals surface area contributed by atoms with Crippen LogP contribution in [-0.2, 0) is 6.54 Å². The number of nitrogens with zero attached hydrogens (tertiary/aromatic N) is 1. The van der Waals surface area contributed by atoms with Crippen molar-refractivity contribution in [1.29, 1.82) is 0 Å². The first-order valence-electron chi connectivity index (χ1n) is 6.70. The summed E-state index contributed by atoms with van der Waals surface area (Å²) >= 11 is 3.45. The van der Waals surface area contributed by atoms with Crippen LogP contribution in [-0.4, -0.2) is 17.4 Å². The van der Waals surface area contributed by atoms with Gasteiger partial charge in [-0.05, 0) is 43.2 Å². The Morgan fingerprint density at radius 2 is 1.85 bits per heavy atom. The van der Waals surface area contributed by atoms with E-state index in [2.05, 4.69) is 15.9 Å². The van der Waals surface area contributed by atoms with Crippen LogP contribution in [0, 0.1) is 6.92 Å². The number of amides is 1. The van der Waals surface area contributed by atoms with Crippen LogP contribution in [0.5, 0.6) is 0 Å². The minimum absolute atomic E-state index is 0.0701. The van der Waals surface area contributed by atoms with Crippen molar-refractivity contribution < 1.29 is 4.79 Å². The van der Waals surface area contributed by atoms with Crippen LogP contribution in [0.3, 0.4) is 0 Å². The van der Waals surface area contributed by atoms with E-state index in [0.29, 0.717) is 13.1 Å². The lowest BCUT2D eigenvalue weighted by Crippen LogP contribution is -2.30. The molecule has 2 rings (SSSR count). The average molecular weight is 332 g/mol. The molecule has 0 fully saturated rings. The van der Waals surface area contributed by atoms with E-state index in [-0.39, 0.29) is 5.91 Å². The maximum atomic E-state index is 12.6. The van der Waals surface area contributed by atoms with E-state index < -0.39 is 0 Å². The summed E-state index contributed by atoms with van der Waals surface area (Å²) < 4.78 is 0.941. The fraction of sp³-hybridized carbons (Fsp3) is 0.235. The number of carbonyl (C=O) groups excluding carboxylic acids is 1. The lowest BCUT2D eigenvalue weighted by Gasteiger charge is -2.21. The molecule has 2 nitrogen and oxygen atoms in total. The van der Waals surface area contributed by atoms with E-state index in [1.54, 1.807) is 0 Å². The summed E-state index contributed by atoms with van der Waals surface area (Å²) in [6.07, 6.45) is 0. The van der Waals surface area contributed by atoms with Gasteiger partial charge in [0.1, 0.15) is 0 Å². The molecular weight excluding hydrogens is 314 g/mol. The zero-order valence-corrected chi connectivity index (χ0v) is 13.4. The molecule has 0 N–H and O–H groups in total. The third kappa shape index (κ3) is 3.70. The maximum absolute atomic E-state index is 12.6. The Morgan fingerprint density at radius 1 is 1.15 bits per heavy atom. The molecule has 0 aliphatic carbocycles. The van der Waals surface area contributed by atoms with Gasteiger partial charge in [-0.3, -0.25) is 4.79 Å². The number of benzene rings is 2. The van der Waals surface area contributed by atoms with Crippen molar-refractivity contribution in [1.82, 2.24) is 4.90 Å². The molecule has 0 radical (unpaired) electrons. The van der Waals surface area contributed by atoms with E-state index in [9.17, 15) is 4.79 Å². The van der Waals surface area contributed by atoms with Crippen LogP contribution < -0.4 is 0 Å². The Balaban J connectivity index is 2.20. The largest absolute Gasteiger partial charge is 0.335 e. The SMILES string of the molecule is CCN(Cc1ccccc1)C(=O)c1cc(C)cc(Br)c1. The Bertz CT molecular complexity index is 575. The molecule has 0 spiro atoms. The quantitative estimate of drug-likeness (QED) is 0.812. The zero-order valence-electron chi connectivity index (χ0n) is 11.8. The molecule has 0 aromatic heterocycles. The molecule has 2 aromatic carbocycles. The fourth-order valence-electron chi connectivity index (χ4n) is 2.17. The van der Waals surface area contributed by atoms with Gasteiger partial charge in [0.25, 0.3) is 5.91 Å². The van der Waals surface area contributed by atoms with Crippen LogP contribution in [0.4, 0.5) is 0 Å². The van der Waals surface area contributed by atoms with E-state index in [1.807, 2.05) is 67.3 Å². The number of hydrogen-bond acceptors (Lipinski definition) is 1. The van der Waals surface area contributed by atoms with Crippen molar-refractivity contribution in [2.24, 2.45) is 0 Å². The van der Waals surface area contributed by atoms with Crippen molar-refractivity contribution in [3.8, 4) is 0 Å². The third-order valence-electron chi connectivity index (χ3n) is 3.17. The van der Waals surface area contributed by atoms with E-state index in [0.717, 1.165) is 21.2 Å². The highest BCUT2D eigenvalue weighted by atomic mass is 79.9. The third-order valence-corrected chi connectivity index (χ3v) is 3.63. The molecule has 20 heavy (non-hydrogen) atoms. The minimum atomic E-state index is 0.0701. The highest BCUT2D eigenvalue weighted by Crippen LogP contribution is 2.17. The second-order valence-electron chi connectivity index (χ2n) is 4.82. The standard InChI is InChI=1S/C17H18BrNO/c1-3-19(12-14-7-5-4-6-8-14)17(20)15-9-13(2)10-16(18)11-15/h4-11H,3,12H2,1-2H3. The van der Waals surface area contributed by atoms with E-state index in [4.69, 9.17) is 0 Å². The summed E-state index contributed by atoms with van der Waals surface area (Å²) in [4.78, 5) is 14.4. The van der Waals surface area contributed by atoms with Crippen molar-refractivity contribution in [3.63, 3.8) is 0 Å². The summed E-state index contributed by atoms with van der Waals surface area (Å²) in [6.45, 7) is 5.34. The first-order valence-corrected chi connectivity index (χ1v) is 7.50. The van der Waals surface area contributed by atoms with Gasteiger partial charge in [-0.15, -0.1) is 0 Å². The predicted octanol–water partition coefficient (Wildman–Crippen LogP) is 4.42. The first kappa shape index (κ1) is 14.8. The van der Waals surface area contributed by atoms with Gasteiger partial charge in [0, 0.05) is 23.1 Å². The summed E-state index contributed by atoms with van der Waals surface area (Å²) in [6, 6.07) is 15.9. The summed E-state index contributed by atoms with van der Waals surface area (Å²) in [5, 5.41) is 0. The average Bonchev–Trinajstić information content (AvgIpc) is 2.44. The number of carbonyl (C=O) groups is 1. The van der Waals surface area contributed by atoms with Gasteiger partial charge in [0.05, 0.1) is 0 Å². The number of aryl methyl sites for hydroxylation is 1. The zero-order chi connectivity index (χ0) is 14.5. The summed E-state index contributed by atoms with van der Waals surface area (Å²) in [5.41, 5.74) is 2.96. The van der Waals surface area contributed by atoms with Gasteiger partial charge in [-0.1, -0.05) is 46.3 Å². The molecule has 2 aromatic rings. The van der Waals surface area contributed by atoms with Crippen molar-refractivity contribution in [2.45, 2.75) is 20.4 Å². The topological polar surface area (TPSA) is 20.3 Å². The Kier molecular flexibility index (Phi) is 4.96. The van der Waals surface area contributed by atoms with Gasteiger partial charge < -0.3 is 4.90 Å². The number of hydrogen-bond donors (Lipinski definition) is 0. The molecule has 0 saturated heterocycles. The molecule has 3 heteroatoms. The smallest absolute Gasteiger partial charge is 0.254 e. The van der Waals surface area contributed by atoms with Gasteiger partial charge in [-0.2, -0.15) is 0 Å². The monoisotopic (exact) mass is 331 g/mol. The van der Waals surface area contributed by atoms with Crippen molar-refractivity contribution in [3.05, 3.63) is 69.7 Å². The fourth-order valence-corrected chi connectivity index (χ4v) is 2.78. The second-order valence-corrected chi connectivity index (χ2v) is 5.74. The molecule has 0 bridgehead atoms. The van der Waals surface area contributed by atoms with Crippen molar-refractivity contribution >= 4 is 21.8 Å². The van der Waals surface area contributed by atoms with Crippen molar-refractivity contribution in [2.75, 3.05) is 6.54 Å². The Hall–Kier alpha value is -1.61.